The zero-order chi connectivity index (χ0) is 14.3. The maximum absolute atomic E-state index is 6.25. The third kappa shape index (κ3) is 1.95. The van der Waals surface area contributed by atoms with Crippen LogP contribution in [0.1, 0.15) is 38.7 Å². The van der Waals surface area contributed by atoms with Crippen LogP contribution in [0.2, 0.25) is 5.15 Å². The lowest BCUT2D eigenvalue weighted by molar-refractivity contribution is 0.301. The summed E-state index contributed by atoms with van der Waals surface area (Å²) in [4.78, 5) is 10.8. The predicted octanol–water partition coefficient (Wildman–Crippen LogP) is 3.10. The van der Waals surface area contributed by atoms with E-state index < -0.39 is 0 Å². The molecule has 0 aliphatic carbocycles. The van der Waals surface area contributed by atoms with E-state index in [9.17, 15) is 0 Å². The molecule has 2 aromatic heterocycles. The molecule has 0 spiro atoms. The summed E-state index contributed by atoms with van der Waals surface area (Å²) in [5.74, 6) is 1.61. The van der Waals surface area contributed by atoms with Crippen molar-refractivity contribution in [1.29, 1.82) is 0 Å². The molecule has 0 unspecified atom stereocenters. The highest BCUT2D eigenvalue weighted by Gasteiger charge is 2.36. The van der Waals surface area contributed by atoms with Gasteiger partial charge in [-0.15, -0.1) is 0 Å². The van der Waals surface area contributed by atoms with E-state index in [1.165, 1.54) is 25.6 Å². The van der Waals surface area contributed by atoms with Crippen LogP contribution in [0.25, 0.3) is 5.78 Å². The number of hydrogen-bond acceptors (Lipinski definition) is 4. The molecule has 108 valence electrons. The largest absolute Gasteiger partial charge is 0.356 e. The van der Waals surface area contributed by atoms with Crippen LogP contribution in [0.3, 0.4) is 0 Å². The van der Waals surface area contributed by atoms with Gasteiger partial charge in [-0.05, 0) is 31.6 Å². The first kappa shape index (κ1) is 13.6. The van der Waals surface area contributed by atoms with E-state index in [2.05, 4.69) is 33.8 Å². The lowest BCUT2D eigenvalue weighted by Crippen LogP contribution is -2.28. The van der Waals surface area contributed by atoms with Crippen molar-refractivity contribution in [3.05, 3.63) is 17.0 Å². The van der Waals surface area contributed by atoms with Crippen molar-refractivity contribution in [2.75, 3.05) is 18.0 Å². The molecule has 1 fully saturated rings. The third-order valence-electron chi connectivity index (χ3n) is 4.81. The summed E-state index contributed by atoms with van der Waals surface area (Å²) in [6.45, 7) is 8.66. The van der Waals surface area contributed by atoms with E-state index in [0.717, 1.165) is 24.5 Å². The number of hydrogen-bond donors (Lipinski definition) is 0. The molecule has 3 heterocycles. The van der Waals surface area contributed by atoms with Gasteiger partial charge in [0, 0.05) is 18.7 Å². The molecule has 5 nitrogen and oxygen atoms in total. The van der Waals surface area contributed by atoms with Crippen LogP contribution in [-0.4, -0.2) is 32.7 Å². The van der Waals surface area contributed by atoms with Gasteiger partial charge >= 0.3 is 0 Å². The Kier molecular flexibility index (Phi) is 3.32. The Labute approximate surface area is 124 Å². The average Bonchev–Trinajstić information content (AvgIpc) is 3.07. The second kappa shape index (κ2) is 4.88. The number of rotatable bonds is 3. The molecule has 0 saturated carbocycles. The van der Waals surface area contributed by atoms with E-state index >= 15 is 0 Å². The summed E-state index contributed by atoms with van der Waals surface area (Å²) >= 11 is 6.25. The maximum atomic E-state index is 6.25. The maximum Gasteiger partial charge on any atom is 0.255 e. The summed E-state index contributed by atoms with van der Waals surface area (Å²) in [7, 11) is 0. The van der Waals surface area contributed by atoms with Crippen molar-refractivity contribution in [1.82, 2.24) is 19.6 Å². The van der Waals surface area contributed by atoms with E-state index in [0.29, 0.717) is 16.3 Å². The highest BCUT2D eigenvalue weighted by molar-refractivity contribution is 6.30. The number of anilines is 1. The highest BCUT2D eigenvalue weighted by Crippen LogP contribution is 2.40. The molecule has 0 bridgehead atoms. The van der Waals surface area contributed by atoms with E-state index in [1.807, 2.05) is 11.4 Å². The highest BCUT2D eigenvalue weighted by atomic mass is 35.5. The summed E-state index contributed by atoms with van der Waals surface area (Å²) in [5, 5.41) is 4.83. The molecule has 0 aromatic carbocycles. The molecule has 1 aliphatic rings. The topological polar surface area (TPSA) is 46.3 Å². The van der Waals surface area contributed by atoms with Gasteiger partial charge in [0.15, 0.2) is 0 Å². The molecule has 0 amide bonds. The normalized spacial score (nSPS) is 18.1. The minimum Gasteiger partial charge on any atom is -0.356 e. The van der Waals surface area contributed by atoms with Gasteiger partial charge in [0.05, 0.1) is 0 Å². The van der Waals surface area contributed by atoms with Crippen LogP contribution in [0.15, 0.2) is 6.33 Å². The van der Waals surface area contributed by atoms with Crippen molar-refractivity contribution >= 4 is 23.2 Å². The van der Waals surface area contributed by atoms with Crippen molar-refractivity contribution in [3.63, 3.8) is 0 Å². The number of fused-ring (bicyclic) bond motifs is 1. The fourth-order valence-corrected chi connectivity index (χ4v) is 3.36. The lowest BCUT2D eigenvalue weighted by atomic mass is 9.82. The second-order valence-corrected chi connectivity index (χ2v) is 6.06. The first-order valence-electron chi connectivity index (χ1n) is 7.21. The Balaban J connectivity index is 2.07. The molecule has 0 N–H and O–H groups in total. The first-order valence-corrected chi connectivity index (χ1v) is 7.59. The zero-order valence-electron chi connectivity index (χ0n) is 12.2. The summed E-state index contributed by atoms with van der Waals surface area (Å²) in [6.07, 6.45) is 5.16. The Morgan fingerprint density at radius 3 is 2.75 bits per heavy atom. The summed E-state index contributed by atoms with van der Waals surface area (Å²) < 4.78 is 1.81. The minimum atomic E-state index is 0.412. The molecular weight excluding hydrogens is 274 g/mol. The fraction of sp³-hybridized carbons (Fsp3) is 0.643. The Bertz CT molecular complexity index is 632. The van der Waals surface area contributed by atoms with Crippen LogP contribution in [0.4, 0.5) is 5.82 Å². The standard InChI is InChI=1S/C14H20ClN5/c1-4-14(5-2)6-7-19(8-14)12-10(3)11(15)18-13-16-9-17-20(12)13/h9H,4-8H2,1-3H3. The fourth-order valence-electron chi connectivity index (χ4n) is 3.20. The molecular formula is C14H20ClN5. The molecule has 2 aromatic rings. The molecule has 1 saturated heterocycles. The molecule has 3 rings (SSSR count). The SMILES string of the molecule is CCC1(CC)CCN(c2c(C)c(Cl)nc3ncnn23)C1. The summed E-state index contributed by atoms with van der Waals surface area (Å²) in [6, 6.07) is 0. The molecule has 1 aliphatic heterocycles. The second-order valence-electron chi connectivity index (χ2n) is 5.70. The van der Waals surface area contributed by atoms with Crippen LogP contribution >= 0.6 is 11.6 Å². The average molecular weight is 294 g/mol. The van der Waals surface area contributed by atoms with Crippen molar-refractivity contribution < 1.29 is 0 Å². The molecule has 20 heavy (non-hydrogen) atoms. The van der Waals surface area contributed by atoms with E-state index in [4.69, 9.17) is 11.6 Å². The van der Waals surface area contributed by atoms with Crippen molar-refractivity contribution in [2.45, 2.75) is 40.0 Å². The van der Waals surface area contributed by atoms with Crippen molar-refractivity contribution in [2.24, 2.45) is 5.41 Å². The van der Waals surface area contributed by atoms with Gasteiger partial charge in [-0.1, -0.05) is 25.4 Å². The predicted molar refractivity (Wildman–Crippen MR) is 80.4 cm³/mol. The minimum absolute atomic E-state index is 0.412. The quantitative estimate of drug-likeness (QED) is 0.816. The van der Waals surface area contributed by atoms with E-state index in [1.54, 1.807) is 0 Å². The van der Waals surface area contributed by atoms with Crippen LogP contribution in [0.5, 0.6) is 0 Å². The first-order chi connectivity index (χ1) is 9.60. The third-order valence-corrected chi connectivity index (χ3v) is 5.18. The van der Waals surface area contributed by atoms with Crippen LogP contribution < -0.4 is 4.90 Å². The molecule has 6 heteroatoms. The van der Waals surface area contributed by atoms with Crippen LogP contribution in [0, 0.1) is 12.3 Å². The molecule has 0 atom stereocenters. The van der Waals surface area contributed by atoms with Gasteiger partial charge in [0.25, 0.3) is 5.78 Å². The summed E-state index contributed by atoms with van der Waals surface area (Å²) in [5.41, 5.74) is 1.39. The number of nitrogens with zero attached hydrogens (tertiary/aromatic N) is 5. The number of halogens is 1. The Morgan fingerprint density at radius 1 is 1.35 bits per heavy atom. The monoisotopic (exact) mass is 293 g/mol. The van der Waals surface area contributed by atoms with Gasteiger partial charge in [0.1, 0.15) is 17.3 Å². The van der Waals surface area contributed by atoms with Gasteiger partial charge in [-0.25, -0.2) is 0 Å². The van der Waals surface area contributed by atoms with Gasteiger partial charge < -0.3 is 4.90 Å². The Morgan fingerprint density at radius 2 is 2.10 bits per heavy atom. The number of aromatic nitrogens is 4. The molecule has 0 radical (unpaired) electrons. The van der Waals surface area contributed by atoms with E-state index in [-0.39, 0.29) is 0 Å². The zero-order valence-corrected chi connectivity index (χ0v) is 13.0. The van der Waals surface area contributed by atoms with Gasteiger partial charge in [-0.3, -0.25) is 0 Å². The van der Waals surface area contributed by atoms with Crippen molar-refractivity contribution in [3.8, 4) is 0 Å². The van der Waals surface area contributed by atoms with Gasteiger partial charge in [-0.2, -0.15) is 19.6 Å². The Hall–Kier alpha value is -1.36. The lowest BCUT2D eigenvalue weighted by Gasteiger charge is -2.28. The smallest absolute Gasteiger partial charge is 0.255 e. The van der Waals surface area contributed by atoms with Gasteiger partial charge in [0.2, 0.25) is 0 Å². The van der Waals surface area contributed by atoms with Crippen LogP contribution in [-0.2, 0) is 0 Å².